The van der Waals surface area contributed by atoms with Crippen LogP contribution in [-0.4, -0.2) is 23.4 Å². The molecule has 34 heavy (non-hydrogen) atoms. The largest absolute Gasteiger partial charge is 0.481 e. The van der Waals surface area contributed by atoms with Crippen molar-refractivity contribution in [3.05, 3.63) is 121 Å². The molecule has 2 nitrogen and oxygen atoms in total. The van der Waals surface area contributed by atoms with Gasteiger partial charge < -0.3 is 5.11 Å². The van der Waals surface area contributed by atoms with Gasteiger partial charge in [-0.05, 0) is 55.8 Å². The third-order valence-electron chi connectivity index (χ3n) is 5.03. The van der Waals surface area contributed by atoms with Crippen LogP contribution in [0.2, 0.25) is 0 Å². The molecule has 0 saturated heterocycles. The molecule has 0 atom stereocenters. The van der Waals surface area contributed by atoms with E-state index in [2.05, 4.69) is 121 Å². The van der Waals surface area contributed by atoms with E-state index in [9.17, 15) is 0 Å². The normalized spacial score (nSPS) is 10.2. The monoisotopic (exact) mass is 578 g/mol. The summed E-state index contributed by atoms with van der Waals surface area (Å²) in [5.41, 5.74) is 0. The molecule has 1 N–H and O–H groups in total. The van der Waals surface area contributed by atoms with Gasteiger partial charge in [0.1, 0.15) is 0 Å². The molecule has 0 heterocycles. The van der Waals surface area contributed by atoms with Gasteiger partial charge in [0, 0.05) is 27.3 Å². The predicted molar refractivity (Wildman–Crippen MR) is 146 cm³/mol. The maximum atomic E-state index is 9.00. The van der Waals surface area contributed by atoms with E-state index in [1.54, 1.807) is 0 Å². The fourth-order valence-electron chi connectivity index (χ4n) is 3.63. The van der Waals surface area contributed by atoms with Crippen LogP contribution in [0.25, 0.3) is 0 Å². The molecule has 4 rings (SSSR count). The van der Waals surface area contributed by atoms with Gasteiger partial charge in [0.2, 0.25) is 0 Å². The second-order valence-electron chi connectivity index (χ2n) is 7.52. The molecule has 0 aliphatic rings. The van der Waals surface area contributed by atoms with Gasteiger partial charge >= 0.3 is 0 Å². The molecule has 4 aromatic rings. The van der Waals surface area contributed by atoms with E-state index in [1.807, 2.05) is 0 Å². The molecule has 0 aliphatic heterocycles. The van der Waals surface area contributed by atoms with E-state index in [-0.39, 0.29) is 36.3 Å². The molecular formula is C29H30O2P2Pd. The Hall–Kier alpha value is -2.13. The average molecular weight is 579 g/mol. The van der Waals surface area contributed by atoms with Crippen LogP contribution in [0, 0.1) is 0 Å². The van der Waals surface area contributed by atoms with Gasteiger partial charge in [-0.1, -0.05) is 121 Å². The van der Waals surface area contributed by atoms with E-state index in [4.69, 9.17) is 9.90 Å². The van der Waals surface area contributed by atoms with E-state index in [0.29, 0.717) is 0 Å². The van der Waals surface area contributed by atoms with Gasteiger partial charge in [0.15, 0.2) is 0 Å². The van der Waals surface area contributed by atoms with E-state index in [0.717, 1.165) is 6.92 Å². The maximum Gasteiger partial charge on any atom is 0.300 e. The van der Waals surface area contributed by atoms with Crippen LogP contribution < -0.4 is 21.2 Å². The molecule has 0 saturated carbocycles. The molecule has 5 heteroatoms. The Morgan fingerprint density at radius 2 is 0.765 bits per heavy atom. The molecule has 0 unspecified atom stereocenters. The summed E-state index contributed by atoms with van der Waals surface area (Å²) in [5.74, 6) is -0.833. The molecular weight excluding hydrogens is 549 g/mol. The zero-order valence-electron chi connectivity index (χ0n) is 19.2. The summed E-state index contributed by atoms with van der Waals surface area (Å²) in [4.78, 5) is 9.00. The van der Waals surface area contributed by atoms with E-state index >= 15 is 0 Å². The first-order valence-corrected chi connectivity index (χ1v) is 14.2. The minimum absolute atomic E-state index is 0. The smallest absolute Gasteiger partial charge is 0.300 e. The fraction of sp³-hybridized carbons (Fsp3) is 0.138. The molecule has 0 amide bonds. The summed E-state index contributed by atoms with van der Waals surface area (Å²) in [5, 5.41) is 13.4. The summed E-state index contributed by atoms with van der Waals surface area (Å²) in [6.07, 6.45) is 3.72. The van der Waals surface area contributed by atoms with Crippen LogP contribution in [0.1, 0.15) is 13.3 Å². The van der Waals surface area contributed by atoms with Crippen molar-refractivity contribution in [1.29, 1.82) is 0 Å². The van der Waals surface area contributed by atoms with Gasteiger partial charge in [-0.25, -0.2) is 0 Å². The van der Waals surface area contributed by atoms with Crippen LogP contribution in [-0.2, 0) is 25.2 Å². The van der Waals surface area contributed by atoms with Crippen LogP contribution >= 0.6 is 15.8 Å². The third kappa shape index (κ3) is 9.25. The molecule has 0 aliphatic carbocycles. The van der Waals surface area contributed by atoms with E-state index in [1.165, 1.54) is 40.0 Å². The van der Waals surface area contributed by atoms with Crippen LogP contribution in [0.15, 0.2) is 121 Å². The number of hydrogen-bond acceptors (Lipinski definition) is 1. The molecule has 0 spiro atoms. The van der Waals surface area contributed by atoms with E-state index < -0.39 is 5.97 Å². The maximum absolute atomic E-state index is 9.00. The number of carbonyl (C=O) groups is 1. The second-order valence-corrected chi connectivity index (χ2v) is 12.2. The summed E-state index contributed by atoms with van der Waals surface area (Å²) >= 11 is 0. The Morgan fingerprint density at radius 3 is 0.971 bits per heavy atom. The van der Waals surface area contributed by atoms with Crippen molar-refractivity contribution in [2.24, 2.45) is 0 Å². The first-order valence-electron chi connectivity index (χ1n) is 11.1. The van der Waals surface area contributed by atoms with Crippen molar-refractivity contribution in [3.8, 4) is 0 Å². The molecule has 178 valence electrons. The Labute approximate surface area is 219 Å². The fourth-order valence-corrected chi connectivity index (χ4v) is 8.59. The van der Waals surface area contributed by atoms with Crippen molar-refractivity contribution in [1.82, 2.24) is 0 Å². The topological polar surface area (TPSA) is 37.3 Å². The van der Waals surface area contributed by atoms with Crippen molar-refractivity contribution in [2.45, 2.75) is 13.3 Å². The third-order valence-corrected chi connectivity index (χ3v) is 10.2. The van der Waals surface area contributed by atoms with Crippen LogP contribution in [0.3, 0.4) is 0 Å². The van der Waals surface area contributed by atoms with Crippen molar-refractivity contribution in [3.63, 3.8) is 0 Å². The number of carboxylic acid groups (broad SMARTS) is 1. The number of rotatable bonds is 8. The van der Waals surface area contributed by atoms with Gasteiger partial charge in [-0.3, -0.25) is 4.79 Å². The summed E-state index contributed by atoms with van der Waals surface area (Å²) < 4.78 is 0. The van der Waals surface area contributed by atoms with Gasteiger partial charge in [-0.2, -0.15) is 0 Å². The minimum atomic E-state index is -0.833. The predicted octanol–water partition coefficient (Wildman–Crippen LogP) is 5.73. The Morgan fingerprint density at radius 1 is 0.559 bits per heavy atom. The Bertz CT molecular complexity index is 912. The van der Waals surface area contributed by atoms with Gasteiger partial charge in [-0.15, -0.1) is 0 Å². The average Bonchev–Trinajstić information content (AvgIpc) is 2.86. The molecule has 0 bridgehead atoms. The molecule has 4 aromatic carbocycles. The SMILES string of the molecule is CC(=O)O.[Pd].c1ccc(P(CCCP(c2ccccc2)c2ccccc2)c2ccccc2)cc1. The molecule has 0 radical (unpaired) electrons. The minimum Gasteiger partial charge on any atom is -0.481 e. The first-order chi connectivity index (χ1) is 16.1. The quantitative estimate of drug-likeness (QED) is 0.214. The van der Waals surface area contributed by atoms with Crippen LogP contribution in [0.4, 0.5) is 0 Å². The van der Waals surface area contributed by atoms with Crippen molar-refractivity contribution >= 4 is 43.0 Å². The summed E-state index contributed by atoms with van der Waals surface area (Å²) in [6, 6.07) is 44.3. The van der Waals surface area contributed by atoms with Crippen LogP contribution in [0.5, 0.6) is 0 Å². The number of carboxylic acids is 1. The Kier molecular flexibility index (Phi) is 13.0. The summed E-state index contributed by atoms with van der Waals surface area (Å²) in [7, 11) is -0.618. The molecule has 0 aromatic heterocycles. The van der Waals surface area contributed by atoms with Gasteiger partial charge in [0.25, 0.3) is 5.97 Å². The van der Waals surface area contributed by atoms with Gasteiger partial charge in [0.05, 0.1) is 0 Å². The zero-order chi connectivity index (χ0) is 23.3. The Balaban J connectivity index is 0.000000758. The zero-order valence-corrected chi connectivity index (χ0v) is 22.6. The van der Waals surface area contributed by atoms with Crippen molar-refractivity contribution < 1.29 is 30.3 Å². The standard InChI is InChI=1S/C27H26P2.C2H4O2.Pd/c1-5-14-24(15-6-1)28(25-16-7-2-8-17-25)22-13-23-29(26-18-9-3-10-19-26)27-20-11-4-12-21-27;1-2(3)4;/h1-12,14-21H,13,22-23H2;1H3,(H,3,4);. The number of aliphatic carboxylic acids is 1. The summed E-state index contributed by atoms with van der Waals surface area (Å²) in [6.45, 7) is 1.08. The number of benzene rings is 4. The number of hydrogen-bond donors (Lipinski definition) is 1. The first kappa shape index (κ1) is 28.1. The van der Waals surface area contributed by atoms with Crippen molar-refractivity contribution in [2.75, 3.05) is 12.3 Å². The second kappa shape index (κ2) is 15.7. The molecule has 0 fully saturated rings.